The lowest BCUT2D eigenvalue weighted by Crippen LogP contribution is -2.36. The van der Waals surface area contributed by atoms with E-state index in [1.54, 1.807) is 13.0 Å². The van der Waals surface area contributed by atoms with Gasteiger partial charge in [-0.05, 0) is 30.7 Å². The summed E-state index contributed by atoms with van der Waals surface area (Å²) >= 11 is 0. The van der Waals surface area contributed by atoms with E-state index in [0.29, 0.717) is 6.61 Å². The summed E-state index contributed by atoms with van der Waals surface area (Å²) < 4.78 is 10.2. The molecular formula is C15H19NO3. The summed E-state index contributed by atoms with van der Waals surface area (Å²) in [7, 11) is 0. The molecule has 1 heterocycles. The molecule has 1 aliphatic heterocycles. The van der Waals surface area contributed by atoms with Crippen molar-refractivity contribution in [3.8, 4) is 0 Å². The first-order chi connectivity index (χ1) is 9.29. The van der Waals surface area contributed by atoms with Crippen molar-refractivity contribution in [2.75, 3.05) is 37.8 Å². The summed E-state index contributed by atoms with van der Waals surface area (Å²) in [5.74, 6) is -0.306. The maximum absolute atomic E-state index is 11.2. The molecule has 19 heavy (non-hydrogen) atoms. The van der Waals surface area contributed by atoms with E-state index in [9.17, 15) is 4.79 Å². The van der Waals surface area contributed by atoms with Crippen molar-refractivity contribution < 1.29 is 14.3 Å². The lowest BCUT2D eigenvalue weighted by atomic mass is 10.1. The standard InChI is InChI=1S/C15H19NO3/c1-2-19-15(17)8-5-13-3-6-14(7-4-13)16-9-11-18-12-10-16/h3-8H,2,9-12H2,1H3/b8-5+. The first kappa shape index (κ1) is 13.6. The van der Waals surface area contributed by atoms with Gasteiger partial charge in [0.05, 0.1) is 19.8 Å². The summed E-state index contributed by atoms with van der Waals surface area (Å²) in [5.41, 5.74) is 2.18. The van der Waals surface area contributed by atoms with E-state index in [0.717, 1.165) is 31.9 Å². The highest BCUT2D eigenvalue weighted by Crippen LogP contribution is 2.17. The average molecular weight is 261 g/mol. The summed E-state index contributed by atoms with van der Waals surface area (Å²) in [6.45, 7) is 5.62. The molecule has 4 heteroatoms. The van der Waals surface area contributed by atoms with Crippen LogP contribution in [0.1, 0.15) is 12.5 Å². The highest BCUT2D eigenvalue weighted by molar-refractivity contribution is 5.87. The van der Waals surface area contributed by atoms with Crippen molar-refractivity contribution in [2.45, 2.75) is 6.92 Å². The monoisotopic (exact) mass is 261 g/mol. The molecule has 1 aromatic rings. The summed E-state index contributed by atoms with van der Waals surface area (Å²) in [6, 6.07) is 8.13. The maximum Gasteiger partial charge on any atom is 0.330 e. The highest BCUT2D eigenvalue weighted by atomic mass is 16.5. The Bertz CT molecular complexity index is 433. The summed E-state index contributed by atoms with van der Waals surface area (Å²) in [6.07, 6.45) is 3.22. The van der Waals surface area contributed by atoms with Gasteiger partial charge in [0, 0.05) is 24.9 Å². The molecule has 0 bridgehead atoms. The number of esters is 1. The third-order valence-corrected chi connectivity index (χ3v) is 2.97. The lowest BCUT2D eigenvalue weighted by Gasteiger charge is -2.28. The Kier molecular flexibility index (Phi) is 4.98. The normalized spacial score (nSPS) is 15.7. The highest BCUT2D eigenvalue weighted by Gasteiger charge is 2.10. The summed E-state index contributed by atoms with van der Waals surface area (Å²) in [5, 5.41) is 0. The van der Waals surface area contributed by atoms with Crippen molar-refractivity contribution in [2.24, 2.45) is 0 Å². The number of carbonyl (C=O) groups excluding carboxylic acids is 1. The fourth-order valence-corrected chi connectivity index (χ4v) is 1.97. The smallest absolute Gasteiger partial charge is 0.330 e. The van der Waals surface area contributed by atoms with Crippen LogP contribution in [0.3, 0.4) is 0 Å². The molecule has 1 fully saturated rings. The molecule has 0 N–H and O–H groups in total. The first-order valence-electron chi connectivity index (χ1n) is 6.57. The zero-order chi connectivity index (χ0) is 13.5. The molecule has 0 aromatic heterocycles. The summed E-state index contributed by atoms with van der Waals surface area (Å²) in [4.78, 5) is 13.5. The average Bonchev–Trinajstić information content (AvgIpc) is 2.47. The molecule has 0 spiro atoms. The second kappa shape index (κ2) is 6.95. The predicted octanol–water partition coefficient (Wildman–Crippen LogP) is 2.10. The van der Waals surface area contributed by atoms with Crippen molar-refractivity contribution in [3.63, 3.8) is 0 Å². The Morgan fingerprint density at radius 3 is 2.63 bits per heavy atom. The van der Waals surface area contributed by atoms with E-state index < -0.39 is 0 Å². The Morgan fingerprint density at radius 2 is 2.00 bits per heavy atom. The maximum atomic E-state index is 11.2. The molecule has 0 atom stereocenters. The molecule has 0 saturated carbocycles. The molecule has 0 amide bonds. The topological polar surface area (TPSA) is 38.8 Å². The third kappa shape index (κ3) is 4.10. The number of carbonyl (C=O) groups is 1. The van der Waals surface area contributed by atoms with Crippen LogP contribution in [0, 0.1) is 0 Å². The van der Waals surface area contributed by atoms with E-state index in [4.69, 9.17) is 9.47 Å². The quantitative estimate of drug-likeness (QED) is 0.614. The van der Waals surface area contributed by atoms with E-state index in [1.165, 1.54) is 11.8 Å². The zero-order valence-corrected chi connectivity index (χ0v) is 11.2. The van der Waals surface area contributed by atoms with Crippen molar-refractivity contribution in [1.29, 1.82) is 0 Å². The van der Waals surface area contributed by atoms with Gasteiger partial charge in [-0.3, -0.25) is 0 Å². The van der Waals surface area contributed by atoms with Crippen LogP contribution in [0.15, 0.2) is 30.3 Å². The van der Waals surface area contributed by atoms with Gasteiger partial charge in [0.25, 0.3) is 0 Å². The number of nitrogens with zero attached hydrogens (tertiary/aromatic N) is 1. The van der Waals surface area contributed by atoms with Crippen molar-refractivity contribution in [1.82, 2.24) is 0 Å². The Morgan fingerprint density at radius 1 is 1.32 bits per heavy atom. The second-order valence-corrected chi connectivity index (χ2v) is 4.28. The van der Waals surface area contributed by atoms with E-state index in [2.05, 4.69) is 17.0 Å². The molecule has 102 valence electrons. The Labute approximate surface area is 113 Å². The van der Waals surface area contributed by atoms with Crippen LogP contribution in [0.4, 0.5) is 5.69 Å². The van der Waals surface area contributed by atoms with Gasteiger partial charge in [0.2, 0.25) is 0 Å². The number of ether oxygens (including phenoxy) is 2. The molecule has 4 nitrogen and oxygen atoms in total. The van der Waals surface area contributed by atoms with Crippen molar-refractivity contribution >= 4 is 17.7 Å². The predicted molar refractivity (Wildman–Crippen MR) is 75.1 cm³/mol. The minimum atomic E-state index is -0.306. The van der Waals surface area contributed by atoms with Crippen LogP contribution >= 0.6 is 0 Å². The molecule has 0 aliphatic carbocycles. The Balaban J connectivity index is 1.96. The number of anilines is 1. The van der Waals surface area contributed by atoms with Gasteiger partial charge in [-0.1, -0.05) is 12.1 Å². The number of hydrogen-bond donors (Lipinski definition) is 0. The van der Waals surface area contributed by atoms with Crippen LogP contribution in [-0.2, 0) is 14.3 Å². The van der Waals surface area contributed by atoms with Crippen LogP contribution in [0.5, 0.6) is 0 Å². The number of hydrogen-bond acceptors (Lipinski definition) is 4. The molecule has 2 rings (SSSR count). The van der Waals surface area contributed by atoms with Crippen LogP contribution in [0.2, 0.25) is 0 Å². The van der Waals surface area contributed by atoms with Crippen LogP contribution in [-0.4, -0.2) is 38.9 Å². The van der Waals surface area contributed by atoms with E-state index >= 15 is 0 Å². The van der Waals surface area contributed by atoms with Gasteiger partial charge < -0.3 is 14.4 Å². The molecule has 0 radical (unpaired) electrons. The fourth-order valence-electron chi connectivity index (χ4n) is 1.97. The van der Waals surface area contributed by atoms with Gasteiger partial charge in [-0.2, -0.15) is 0 Å². The zero-order valence-electron chi connectivity index (χ0n) is 11.2. The van der Waals surface area contributed by atoms with Gasteiger partial charge in [0.1, 0.15) is 0 Å². The second-order valence-electron chi connectivity index (χ2n) is 4.28. The Hall–Kier alpha value is -1.81. The van der Waals surface area contributed by atoms with E-state index in [-0.39, 0.29) is 5.97 Å². The van der Waals surface area contributed by atoms with Gasteiger partial charge in [-0.25, -0.2) is 4.79 Å². The molecule has 1 aliphatic rings. The fraction of sp³-hybridized carbons (Fsp3) is 0.400. The van der Waals surface area contributed by atoms with Gasteiger partial charge in [-0.15, -0.1) is 0 Å². The van der Waals surface area contributed by atoms with Crippen LogP contribution in [0.25, 0.3) is 6.08 Å². The van der Waals surface area contributed by atoms with Gasteiger partial charge in [0.15, 0.2) is 0 Å². The minimum absolute atomic E-state index is 0.306. The first-order valence-corrected chi connectivity index (χ1v) is 6.57. The SMILES string of the molecule is CCOC(=O)/C=C/c1ccc(N2CCOCC2)cc1. The minimum Gasteiger partial charge on any atom is -0.463 e. The van der Waals surface area contributed by atoms with Crippen molar-refractivity contribution in [3.05, 3.63) is 35.9 Å². The molecule has 1 saturated heterocycles. The number of rotatable bonds is 4. The number of benzene rings is 1. The van der Waals surface area contributed by atoms with Gasteiger partial charge >= 0.3 is 5.97 Å². The number of morpholine rings is 1. The third-order valence-electron chi connectivity index (χ3n) is 2.97. The lowest BCUT2D eigenvalue weighted by molar-refractivity contribution is -0.137. The largest absolute Gasteiger partial charge is 0.463 e. The van der Waals surface area contributed by atoms with E-state index in [1.807, 2.05) is 12.1 Å². The van der Waals surface area contributed by atoms with Crippen LogP contribution < -0.4 is 4.90 Å². The molecule has 0 unspecified atom stereocenters. The molecule has 1 aromatic carbocycles. The molecular weight excluding hydrogens is 242 g/mol.